The van der Waals surface area contributed by atoms with Gasteiger partial charge in [-0.15, -0.1) is 0 Å². The molecule has 2 heterocycles. The van der Waals surface area contributed by atoms with Crippen molar-refractivity contribution in [1.82, 2.24) is 15.0 Å². The summed E-state index contributed by atoms with van der Waals surface area (Å²) in [6.07, 6.45) is 0.525. The van der Waals surface area contributed by atoms with Crippen LogP contribution in [0.4, 0.5) is 0 Å². The van der Waals surface area contributed by atoms with Crippen LogP contribution in [0.25, 0.3) is 0 Å². The second kappa shape index (κ2) is 10.9. The molecule has 1 N–H and O–H groups in total. The molecule has 10 heteroatoms. The van der Waals surface area contributed by atoms with Gasteiger partial charge in [-0.05, 0) is 61.4 Å². The number of aromatic amines is 1. The highest BCUT2D eigenvalue weighted by Gasteiger charge is 2.33. The average molecular weight is 509 g/mol. The van der Waals surface area contributed by atoms with Crippen molar-refractivity contribution in [2.45, 2.75) is 31.5 Å². The molecule has 0 saturated carbocycles. The molecule has 4 rings (SSSR count). The predicted octanol–water partition coefficient (Wildman–Crippen LogP) is 3.88. The molecule has 1 amide bonds. The Morgan fingerprint density at radius 2 is 1.78 bits per heavy atom. The number of rotatable bonds is 8. The molecule has 0 radical (unpaired) electrons. The Morgan fingerprint density at radius 1 is 1.06 bits per heavy atom. The second-order valence-corrected chi connectivity index (χ2v) is 9.18. The van der Waals surface area contributed by atoms with Crippen molar-refractivity contribution in [3.05, 3.63) is 75.2 Å². The lowest BCUT2D eigenvalue weighted by molar-refractivity contribution is -0.130. The summed E-state index contributed by atoms with van der Waals surface area (Å²) in [6, 6.07) is 12.9. The molecule has 1 aromatic heterocycles. The molecule has 1 aliphatic heterocycles. The quantitative estimate of drug-likeness (QED) is 0.364. The van der Waals surface area contributed by atoms with E-state index in [2.05, 4.69) is 9.97 Å². The molecule has 0 spiro atoms. The predicted molar refractivity (Wildman–Crippen MR) is 138 cm³/mol. The van der Waals surface area contributed by atoms with E-state index in [0.717, 1.165) is 22.6 Å². The number of hydrazone groups is 1. The van der Waals surface area contributed by atoms with Gasteiger partial charge in [-0.25, -0.2) is 9.99 Å². The Bertz CT molecular complexity index is 1350. The number of carbonyl (C=O) groups is 1. The van der Waals surface area contributed by atoms with Crippen LogP contribution in [-0.2, 0) is 4.79 Å². The van der Waals surface area contributed by atoms with Gasteiger partial charge in [0, 0.05) is 17.7 Å². The van der Waals surface area contributed by atoms with Crippen LogP contribution in [0.2, 0.25) is 0 Å². The van der Waals surface area contributed by atoms with Crippen molar-refractivity contribution >= 4 is 23.4 Å². The molecule has 188 valence electrons. The summed E-state index contributed by atoms with van der Waals surface area (Å²) in [5.74, 6) is 1.78. The molecule has 9 nitrogen and oxygen atoms in total. The smallest absolute Gasteiger partial charge is 0.254 e. The number of H-pyrrole nitrogens is 1. The van der Waals surface area contributed by atoms with E-state index in [1.807, 2.05) is 42.5 Å². The zero-order chi connectivity index (χ0) is 25.8. The van der Waals surface area contributed by atoms with Gasteiger partial charge in [-0.2, -0.15) is 5.10 Å². The molecule has 36 heavy (non-hydrogen) atoms. The fraction of sp³-hybridized carbons (Fsp3) is 0.308. The molecule has 0 bridgehead atoms. The Kier molecular flexibility index (Phi) is 7.64. The summed E-state index contributed by atoms with van der Waals surface area (Å²) in [5.41, 5.74) is 3.56. The monoisotopic (exact) mass is 508 g/mol. The molecular formula is C26H28N4O5S. The van der Waals surface area contributed by atoms with Crippen molar-refractivity contribution < 1.29 is 19.0 Å². The minimum atomic E-state index is -0.332. The first-order chi connectivity index (χ1) is 17.3. The van der Waals surface area contributed by atoms with Crippen LogP contribution < -0.4 is 19.8 Å². The fourth-order valence-corrected chi connectivity index (χ4v) is 4.66. The lowest BCUT2D eigenvalue weighted by Crippen LogP contribution is -2.29. The molecule has 3 aromatic rings. The summed E-state index contributed by atoms with van der Waals surface area (Å²) >= 11 is 1.18. The Hall–Kier alpha value is -3.79. The standard InChI is InChI=1S/C26H28N4O5S/c1-15-16(2)27-26(28-25(15)32)36-14-24(31)30-21(18-8-11-22(34-4)23(12-18)35-5)13-20(29-30)17-6-9-19(33-3)10-7-17/h6-12,21H,13-14H2,1-5H3,(H,27,28,32). The lowest BCUT2D eigenvalue weighted by atomic mass is 9.98. The van der Waals surface area contributed by atoms with Gasteiger partial charge in [0.05, 0.1) is 38.8 Å². The highest BCUT2D eigenvalue weighted by molar-refractivity contribution is 7.99. The van der Waals surface area contributed by atoms with Gasteiger partial charge >= 0.3 is 0 Å². The highest BCUT2D eigenvalue weighted by atomic mass is 32.2. The van der Waals surface area contributed by atoms with Crippen molar-refractivity contribution in [1.29, 1.82) is 0 Å². The van der Waals surface area contributed by atoms with Crippen LogP contribution in [0.15, 0.2) is 57.5 Å². The number of carbonyl (C=O) groups excluding carboxylic acids is 1. The van der Waals surface area contributed by atoms with Crippen LogP contribution in [0.1, 0.15) is 34.8 Å². The van der Waals surface area contributed by atoms with Crippen LogP contribution >= 0.6 is 11.8 Å². The maximum Gasteiger partial charge on any atom is 0.254 e. The maximum atomic E-state index is 13.4. The van der Waals surface area contributed by atoms with E-state index >= 15 is 0 Å². The number of hydrogen-bond acceptors (Lipinski definition) is 8. The Labute approximate surface area is 213 Å². The molecular weight excluding hydrogens is 480 g/mol. The van der Waals surface area contributed by atoms with E-state index in [-0.39, 0.29) is 23.3 Å². The van der Waals surface area contributed by atoms with Crippen molar-refractivity contribution in [3.8, 4) is 17.2 Å². The van der Waals surface area contributed by atoms with Gasteiger partial charge in [-0.3, -0.25) is 9.59 Å². The highest BCUT2D eigenvalue weighted by Crippen LogP contribution is 2.38. The van der Waals surface area contributed by atoms with E-state index in [4.69, 9.17) is 19.3 Å². The number of ether oxygens (including phenoxy) is 3. The third-order valence-corrected chi connectivity index (χ3v) is 6.94. The van der Waals surface area contributed by atoms with Crippen molar-refractivity contribution in [2.75, 3.05) is 27.1 Å². The summed E-state index contributed by atoms with van der Waals surface area (Å²) in [6.45, 7) is 3.49. The molecule has 1 atom stereocenters. The van der Waals surface area contributed by atoms with Gasteiger partial charge in [0.15, 0.2) is 16.7 Å². The van der Waals surface area contributed by atoms with Gasteiger partial charge in [0.1, 0.15) is 5.75 Å². The topological polar surface area (TPSA) is 106 Å². The minimum Gasteiger partial charge on any atom is -0.497 e. The fourth-order valence-electron chi connectivity index (χ4n) is 3.90. The Balaban J connectivity index is 1.63. The van der Waals surface area contributed by atoms with Crippen LogP contribution in [-0.4, -0.2) is 53.7 Å². The molecule has 0 aliphatic carbocycles. The largest absolute Gasteiger partial charge is 0.497 e. The number of aryl methyl sites for hydroxylation is 1. The number of amides is 1. The van der Waals surface area contributed by atoms with E-state index in [9.17, 15) is 9.59 Å². The van der Waals surface area contributed by atoms with Crippen LogP contribution in [0.3, 0.4) is 0 Å². The summed E-state index contributed by atoms with van der Waals surface area (Å²) in [7, 11) is 4.77. The lowest BCUT2D eigenvalue weighted by Gasteiger charge is -2.22. The number of aromatic nitrogens is 2. The van der Waals surface area contributed by atoms with Crippen LogP contribution in [0, 0.1) is 13.8 Å². The number of nitrogens with one attached hydrogen (secondary N) is 1. The number of benzene rings is 2. The third kappa shape index (κ3) is 5.23. The zero-order valence-corrected chi connectivity index (χ0v) is 21.6. The van der Waals surface area contributed by atoms with E-state index in [1.54, 1.807) is 35.2 Å². The SMILES string of the molecule is COc1ccc(C2=NN(C(=O)CSc3nc(C)c(C)c(=O)[nH]3)C(c3ccc(OC)c(OC)c3)C2)cc1. The molecule has 1 aliphatic rings. The van der Waals surface area contributed by atoms with Crippen molar-refractivity contribution in [2.24, 2.45) is 5.10 Å². The Morgan fingerprint density at radius 3 is 2.42 bits per heavy atom. The number of nitrogens with zero attached hydrogens (tertiary/aromatic N) is 3. The second-order valence-electron chi connectivity index (χ2n) is 8.22. The normalized spacial score (nSPS) is 15.0. The average Bonchev–Trinajstić information content (AvgIpc) is 3.35. The number of thioether (sulfide) groups is 1. The maximum absolute atomic E-state index is 13.4. The van der Waals surface area contributed by atoms with E-state index < -0.39 is 0 Å². The number of hydrogen-bond donors (Lipinski definition) is 1. The van der Waals surface area contributed by atoms with Gasteiger partial charge < -0.3 is 19.2 Å². The minimum absolute atomic E-state index is 0.0641. The first-order valence-electron chi connectivity index (χ1n) is 11.3. The third-order valence-electron chi connectivity index (χ3n) is 6.09. The summed E-state index contributed by atoms with van der Waals surface area (Å²) < 4.78 is 16.1. The first-order valence-corrected chi connectivity index (χ1v) is 12.3. The molecule has 1 unspecified atom stereocenters. The molecule has 2 aromatic carbocycles. The molecule has 0 fully saturated rings. The van der Waals surface area contributed by atoms with Gasteiger partial charge in [0.25, 0.3) is 11.5 Å². The van der Waals surface area contributed by atoms with Crippen LogP contribution in [0.5, 0.6) is 17.2 Å². The van der Waals surface area contributed by atoms with Crippen molar-refractivity contribution in [3.63, 3.8) is 0 Å². The first kappa shape index (κ1) is 25.3. The zero-order valence-electron chi connectivity index (χ0n) is 20.8. The summed E-state index contributed by atoms with van der Waals surface area (Å²) in [5, 5.41) is 6.62. The van der Waals surface area contributed by atoms with E-state index in [0.29, 0.717) is 34.3 Å². The van der Waals surface area contributed by atoms with Gasteiger partial charge in [0.2, 0.25) is 0 Å². The molecule has 0 saturated heterocycles. The van der Waals surface area contributed by atoms with E-state index in [1.165, 1.54) is 16.8 Å². The van der Waals surface area contributed by atoms with Gasteiger partial charge in [-0.1, -0.05) is 17.8 Å². The summed E-state index contributed by atoms with van der Waals surface area (Å²) in [4.78, 5) is 32.6. The number of methoxy groups -OCH3 is 3.